The summed E-state index contributed by atoms with van der Waals surface area (Å²) in [6.45, 7) is 10.7. The van der Waals surface area contributed by atoms with Crippen molar-refractivity contribution in [1.29, 1.82) is 0 Å². The van der Waals surface area contributed by atoms with E-state index >= 15 is 0 Å². The zero-order valence-electron chi connectivity index (χ0n) is 18.2. The predicted octanol–water partition coefficient (Wildman–Crippen LogP) is 2.20. The third-order valence-corrected chi connectivity index (χ3v) is 5.52. The summed E-state index contributed by atoms with van der Waals surface area (Å²) in [6.07, 6.45) is 16.4. The first-order valence-electron chi connectivity index (χ1n) is 11.2. The molecule has 0 spiro atoms. The van der Waals surface area contributed by atoms with Gasteiger partial charge < -0.3 is 23.0 Å². The summed E-state index contributed by atoms with van der Waals surface area (Å²) in [5.74, 6) is 0.667. The van der Waals surface area contributed by atoms with Gasteiger partial charge in [0.15, 0.2) is 6.04 Å². The van der Waals surface area contributed by atoms with Crippen LogP contribution in [-0.2, 0) is 4.79 Å². The smallest absolute Gasteiger partial charge is 0.281 e. The van der Waals surface area contributed by atoms with Crippen molar-refractivity contribution >= 4 is 5.91 Å². The van der Waals surface area contributed by atoms with E-state index in [4.69, 9.17) is 0 Å². The maximum Gasteiger partial charge on any atom is 0.281 e. The number of nitrogens with zero attached hydrogens (tertiary/aromatic N) is 1. The molecule has 3 N–H and O–H groups in total. The van der Waals surface area contributed by atoms with Crippen molar-refractivity contribution < 1.29 is 22.9 Å². The molecule has 0 saturated carbocycles. The number of carbonyl (C=O) groups is 1. The lowest BCUT2D eigenvalue weighted by Gasteiger charge is -2.26. The fourth-order valence-electron chi connectivity index (χ4n) is 3.26. The van der Waals surface area contributed by atoms with Crippen molar-refractivity contribution in [3.63, 3.8) is 0 Å². The molecule has 0 aliphatic carbocycles. The quantitative estimate of drug-likeness (QED) is 0.380. The first-order valence-corrected chi connectivity index (χ1v) is 11.2. The number of halogens is 1. The zero-order valence-corrected chi connectivity index (χ0v) is 19.0. The Morgan fingerprint density at radius 1 is 0.769 bits per heavy atom. The fraction of sp³-hybridized carbons (Fsp3) is 0.955. The van der Waals surface area contributed by atoms with Crippen LogP contribution in [0.25, 0.3) is 0 Å². The van der Waals surface area contributed by atoms with Crippen molar-refractivity contribution in [2.24, 2.45) is 5.92 Å². The third-order valence-electron chi connectivity index (χ3n) is 5.52. The molecule has 26 heavy (non-hydrogen) atoms. The highest BCUT2D eigenvalue weighted by atomic mass is 35.5. The molecular formula is C22H47ClN2O. The summed E-state index contributed by atoms with van der Waals surface area (Å²) in [4.78, 5) is 15.0. The molecule has 0 aromatic carbocycles. The average molecular weight is 391 g/mol. The second kappa shape index (κ2) is 19.5. The minimum atomic E-state index is -0.0785. The average Bonchev–Trinajstić information content (AvgIpc) is 2.63. The molecule has 0 aliphatic rings. The highest BCUT2D eigenvalue weighted by molar-refractivity contribution is 5.80. The summed E-state index contributed by atoms with van der Waals surface area (Å²) in [7, 11) is 0. The SMILES string of the molecule is CCCCCCCCN(CCCCCCCC)C(=O)[C@@H]([NH3+])[C@@H](C)CC.[Cl-]. The number of quaternary nitrogens is 1. The van der Waals surface area contributed by atoms with Gasteiger partial charge >= 0.3 is 0 Å². The summed E-state index contributed by atoms with van der Waals surface area (Å²) in [5, 5.41) is 0. The predicted molar refractivity (Wildman–Crippen MR) is 109 cm³/mol. The van der Waals surface area contributed by atoms with Crippen LogP contribution in [0.1, 0.15) is 111 Å². The van der Waals surface area contributed by atoms with Crippen LogP contribution in [0.5, 0.6) is 0 Å². The topological polar surface area (TPSA) is 48.0 Å². The minimum Gasteiger partial charge on any atom is -1.00 e. The van der Waals surface area contributed by atoms with Crippen molar-refractivity contribution in [3.8, 4) is 0 Å². The molecule has 0 aromatic rings. The molecule has 0 aromatic heterocycles. The highest BCUT2D eigenvalue weighted by Gasteiger charge is 2.27. The van der Waals surface area contributed by atoms with Gasteiger partial charge in [0.05, 0.1) is 0 Å². The molecule has 1 amide bonds. The van der Waals surface area contributed by atoms with E-state index in [1.54, 1.807) is 0 Å². The first-order chi connectivity index (χ1) is 12.1. The van der Waals surface area contributed by atoms with Gasteiger partial charge in [0, 0.05) is 19.0 Å². The maximum absolute atomic E-state index is 12.8. The van der Waals surface area contributed by atoms with Crippen LogP contribution in [0.3, 0.4) is 0 Å². The molecule has 0 bridgehead atoms. The third kappa shape index (κ3) is 13.9. The fourth-order valence-corrected chi connectivity index (χ4v) is 3.26. The van der Waals surface area contributed by atoms with Crippen LogP contribution in [0.15, 0.2) is 0 Å². The Morgan fingerprint density at radius 2 is 1.15 bits per heavy atom. The van der Waals surface area contributed by atoms with E-state index in [1.165, 1.54) is 64.2 Å². The molecule has 0 fully saturated rings. The van der Waals surface area contributed by atoms with E-state index in [1.807, 2.05) is 0 Å². The summed E-state index contributed by atoms with van der Waals surface area (Å²) >= 11 is 0. The Bertz CT molecular complexity index is 297. The Morgan fingerprint density at radius 3 is 1.54 bits per heavy atom. The van der Waals surface area contributed by atoms with Crippen LogP contribution in [-0.4, -0.2) is 29.9 Å². The lowest BCUT2D eigenvalue weighted by Crippen LogP contribution is -3.00. The van der Waals surface area contributed by atoms with E-state index in [2.05, 4.69) is 38.3 Å². The molecule has 0 rings (SSSR count). The number of hydrogen-bond acceptors (Lipinski definition) is 1. The first kappa shape index (κ1) is 27.9. The number of hydrogen-bond donors (Lipinski definition) is 1. The summed E-state index contributed by atoms with van der Waals surface area (Å²) in [6, 6.07) is -0.0785. The van der Waals surface area contributed by atoms with E-state index in [9.17, 15) is 4.79 Å². The van der Waals surface area contributed by atoms with Crippen molar-refractivity contribution in [2.75, 3.05) is 13.1 Å². The van der Waals surface area contributed by atoms with Crippen molar-refractivity contribution in [2.45, 2.75) is 117 Å². The summed E-state index contributed by atoms with van der Waals surface area (Å²) < 4.78 is 0. The molecule has 0 radical (unpaired) electrons. The lowest BCUT2D eigenvalue weighted by atomic mass is 9.98. The molecule has 3 nitrogen and oxygen atoms in total. The second-order valence-corrected chi connectivity index (χ2v) is 7.85. The second-order valence-electron chi connectivity index (χ2n) is 7.85. The molecule has 0 saturated heterocycles. The van der Waals surface area contributed by atoms with Gasteiger partial charge in [0.25, 0.3) is 5.91 Å². The molecule has 158 valence electrons. The van der Waals surface area contributed by atoms with Gasteiger partial charge in [-0.05, 0) is 19.3 Å². The molecule has 0 heterocycles. The number of amides is 1. The van der Waals surface area contributed by atoms with Gasteiger partial charge in [-0.3, -0.25) is 4.79 Å². The van der Waals surface area contributed by atoms with Crippen molar-refractivity contribution in [1.82, 2.24) is 4.90 Å². The monoisotopic (exact) mass is 390 g/mol. The zero-order chi connectivity index (χ0) is 18.9. The van der Waals surface area contributed by atoms with Gasteiger partial charge in [0.1, 0.15) is 0 Å². The largest absolute Gasteiger partial charge is 1.00 e. The molecular weight excluding hydrogens is 344 g/mol. The number of carbonyl (C=O) groups excluding carboxylic acids is 1. The van der Waals surface area contributed by atoms with Crippen LogP contribution in [0, 0.1) is 5.92 Å². The Labute approximate surface area is 170 Å². The Hall–Kier alpha value is -0.280. The van der Waals surface area contributed by atoms with Gasteiger partial charge in [0.2, 0.25) is 0 Å². The van der Waals surface area contributed by atoms with Gasteiger partial charge in [-0.25, -0.2) is 0 Å². The van der Waals surface area contributed by atoms with Crippen LogP contribution < -0.4 is 18.1 Å². The number of rotatable bonds is 17. The minimum absolute atomic E-state index is 0. The van der Waals surface area contributed by atoms with Gasteiger partial charge in [-0.1, -0.05) is 91.9 Å². The van der Waals surface area contributed by atoms with Gasteiger partial charge in [-0.2, -0.15) is 0 Å². The van der Waals surface area contributed by atoms with E-state index < -0.39 is 0 Å². The van der Waals surface area contributed by atoms with Crippen LogP contribution >= 0.6 is 0 Å². The lowest BCUT2D eigenvalue weighted by molar-refractivity contribution is -0.417. The van der Waals surface area contributed by atoms with Crippen LogP contribution in [0.4, 0.5) is 0 Å². The van der Waals surface area contributed by atoms with E-state index in [-0.39, 0.29) is 24.4 Å². The Balaban J connectivity index is 0. The molecule has 0 unspecified atom stereocenters. The molecule has 2 atom stereocenters. The Kier molecular flexibility index (Phi) is 20.9. The van der Waals surface area contributed by atoms with Crippen LogP contribution in [0.2, 0.25) is 0 Å². The maximum atomic E-state index is 12.8. The number of unbranched alkanes of at least 4 members (excludes halogenated alkanes) is 10. The standard InChI is InChI=1S/C22H46N2O.ClH/c1-5-8-10-12-14-16-18-24(19-17-15-13-11-9-6-2)22(25)21(23)20(4)7-3;/h20-21H,5-19,23H2,1-4H3;1H/t20-,21-;/m0./s1. The molecule has 4 heteroatoms. The van der Waals surface area contributed by atoms with E-state index in [0.717, 1.165) is 32.4 Å². The highest BCUT2D eigenvalue weighted by Crippen LogP contribution is 2.12. The normalized spacial score (nSPS) is 13.1. The summed E-state index contributed by atoms with van der Waals surface area (Å²) in [5.41, 5.74) is 4.18. The molecule has 0 aliphatic heterocycles. The van der Waals surface area contributed by atoms with E-state index in [0.29, 0.717) is 5.92 Å². The van der Waals surface area contributed by atoms with Crippen molar-refractivity contribution in [3.05, 3.63) is 0 Å². The van der Waals surface area contributed by atoms with Gasteiger partial charge in [-0.15, -0.1) is 0 Å².